The summed E-state index contributed by atoms with van der Waals surface area (Å²) in [6.07, 6.45) is 2.66. The van der Waals surface area contributed by atoms with E-state index >= 15 is 0 Å². The van der Waals surface area contributed by atoms with Crippen LogP contribution in [-0.2, 0) is 13.5 Å². The Morgan fingerprint density at radius 1 is 1.24 bits per heavy atom. The average Bonchev–Trinajstić information content (AvgIpc) is 2.62. The number of benzene rings is 1. The van der Waals surface area contributed by atoms with Crippen molar-refractivity contribution in [2.45, 2.75) is 6.42 Å². The van der Waals surface area contributed by atoms with Gasteiger partial charge in [0.15, 0.2) is 0 Å². The molecule has 0 unspecified atom stereocenters. The third kappa shape index (κ3) is 2.41. The fourth-order valence-electron chi connectivity index (χ4n) is 1.76. The number of aromatic nitrogens is 2. The fourth-order valence-corrected chi connectivity index (χ4v) is 1.76. The quantitative estimate of drug-likeness (QED) is 0.872. The molecule has 4 nitrogen and oxygen atoms in total. The van der Waals surface area contributed by atoms with E-state index < -0.39 is 0 Å². The zero-order valence-electron chi connectivity index (χ0n) is 10.5. The van der Waals surface area contributed by atoms with Gasteiger partial charge in [-0.25, -0.2) is 0 Å². The predicted octanol–water partition coefficient (Wildman–Crippen LogP) is 1.66. The Kier molecular flexibility index (Phi) is 3.04. The van der Waals surface area contributed by atoms with E-state index in [1.807, 2.05) is 27.3 Å². The summed E-state index contributed by atoms with van der Waals surface area (Å²) >= 11 is 0. The van der Waals surface area contributed by atoms with Gasteiger partial charge in [0.1, 0.15) is 5.82 Å². The van der Waals surface area contributed by atoms with Crippen LogP contribution in [0.3, 0.4) is 0 Å². The van der Waals surface area contributed by atoms with Crippen molar-refractivity contribution >= 4 is 11.5 Å². The van der Waals surface area contributed by atoms with Crippen LogP contribution in [-0.4, -0.2) is 23.9 Å². The third-order valence-electron chi connectivity index (χ3n) is 2.91. The first kappa shape index (κ1) is 11.5. The fraction of sp³-hybridized carbons (Fsp3) is 0.308. The van der Waals surface area contributed by atoms with E-state index in [4.69, 9.17) is 5.73 Å². The Balaban J connectivity index is 2.17. The summed E-state index contributed by atoms with van der Waals surface area (Å²) in [6.45, 7) is 0. The van der Waals surface area contributed by atoms with Gasteiger partial charge in [0, 0.05) is 38.8 Å². The number of hydrogen-bond acceptors (Lipinski definition) is 3. The van der Waals surface area contributed by atoms with Crippen LogP contribution >= 0.6 is 0 Å². The Labute approximate surface area is 102 Å². The lowest BCUT2D eigenvalue weighted by atomic mass is 10.1. The number of nitrogen functional groups attached to an aromatic ring is 1. The first-order valence-electron chi connectivity index (χ1n) is 5.60. The van der Waals surface area contributed by atoms with Crippen molar-refractivity contribution in [2.75, 3.05) is 24.7 Å². The Morgan fingerprint density at radius 3 is 2.35 bits per heavy atom. The molecule has 0 fully saturated rings. The molecule has 0 bridgehead atoms. The Bertz CT molecular complexity index is 497. The topological polar surface area (TPSA) is 47.1 Å². The summed E-state index contributed by atoms with van der Waals surface area (Å²) in [4.78, 5) is 2.09. The Morgan fingerprint density at radius 2 is 1.88 bits per heavy atom. The summed E-state index contributed by atoms with van der Waals surface area (Å²) in [6, 6.07) is 8.48. The van der Waals surface area contributed by atoms with Crippen LogP contribution in [0.5, 0.6) is 0 Å². The minimum atomic E-state index is 0.738. The third-order valence-corrected chi connectivity index (χ3v) is 2.91. The van der Waals surface area contributed by atoms with Crippen LogP contribution in [0.4, 0.5) is 11.5 Å². The van der Waals surface area contributed by atoms with Gasteiger partial charge in [0.2, 0.25) is 0 Å². The van der Waals surface area contributed by atoms with Crippen molar-refractivity contribution in [3.63, 3.8) is 0 Å². The smallest absolute Gasteiger partial charge is 0.124 e. The monoisotopic (exact) mass is 230 g/mol. The molecule has 4 heteroatoms. The standard InChI is InChI=1S/C13H18N4/c1-16(2)12-6-4-10(5-7-12)8-11-9-15-17(3)13(11)14/h4-7,9H,8,14H2,1-3H3. The lowest BCUT2D eigenvalue weighted by Gasteiger charge is -2.12. The highest BCUT2D eigenvalue weighted by Crippen LogP contribution is 2.18. The van der Waals surface area contributed by atoms with Gasteiger partial charge in [0.25, 0.3) is 0 Å². The predicted molar refractivity (Wildman–Crippen MR) is 71.2 cm³/mol. The van der Waals surface area contributed by atoms with Crippen molar-refractivity contribution in [1.82, 2.24) is 9.78 Å². The second kappa shape index (κ2) is 4.49. The van der Waals surface area contributed by atoms with Gasteiger partial charge in [-0.15, -0.1) is 0 Å². The van der Waals surface area contributed by atoms with Crippen LogP contribution < -0.4 is 10.6 Å². The van der Waals surface area contributed by atoms with E-state index in [-0.39, 0.29) is 0 Å². The van der Waals surface area contributed by atoms with Crippen LogP contribution in [0.1, 0.15) is 11.1 Å². The highest BCUT2D eigenvalue weighted by Gasteiger charge is 2.05. The van der Waals surface area contributed by atoms with Crippen molar-refractivity contribution in [2.24, 2.45) is 7.05 Å². The molecule has 17 heavy (non-hydrogen) atoms. The summed E-state index contributed by atoms with van der Waals surface area (Å²) in [7, 11) is 5.93. The molecule has 2 N–H and O–H groups in total. The van der Waals surface area contributed by atoms with E-state index in [1.165, 1.54) is 11.3 Å². The number of nitrogens with zero attached hydrogens (tertiary/aromatic N) is 3. The zero-order valence-corrected chi connectivity index (χ0v) is 10.5. The van der Waals surface area contributed by atoms with Crippen LogP contribution in [0.25, 0.3) is 0 Å². The van der Waals surface area contributed by atoms with Gasteiger partial charge < -0.3 is 10.6 Å². The van der Waals surface area contributed by atoms with E-state index in [1.54, 1.807) is 4.68 Å². The molecule has 1 aromatic heterocycles. The summed E-state index contributed by atoms with van der Waals surface area (Å²) < 4.78 is 1.70. The highest BCUT2D eigenvalue weighted by atomic mass is 15.3. The van der Waals surface area contributed by atoms with Crippen molar-refractivity contribution in [1.29, 1.82) is 0 Å². The molecule has 0 saturated heterocycles. The molecule has 1 heterocycles. The largest absolute Gasteiger partial charge is 0.384 e. The molecule has 0 aliphatic carbocycles. The number of aryl methyl sites for hydroxylation is 1. The second-order valence-electron chi connectivity index (χ2n) is 4.42. The molecule has 2 rings (SSSR count). The first-order valence-corrected chi connectivity index (χ1v) is 5.60. The molecule has 0 aliphatic rings. The van der Waals surface area contributed by atoms with Gasteiger partial charge in [-0.05, 0) is 17.7 Å². The van der Waals surface area contributed by atoms with Crippen LogP contribution in [0.2, 0.25) is 0 Å². The molecule has 0 radical (unpaired) electrons. The number of hydrogen-bond donors (Lipinski definition) is 1. The average molecular weight is 230 g/mol. The number of rotatable bonds is 3. The second-order valence-corrected chi connectivity index (χ2v) is 4.42. The maximum absolute atomic E-state index is 5.92. The highest BCUT2D eigenvalue weighted by molar-refractivity contribution is 5.48. The summed E-state index contributed by atoms with van der Waals surface area (Å²) in [5, 5.41) is 4.14. The molecule has 2 aromatic rings. The van der Waals surface area contributed by atoms with E-state index in [0.717, 1.165) is 17.8 Å². The lowest BCUT2D eigenvalue weighted by molar-refractivity contribution is 0.778. The number of anilines is 2. The molecule has 0 aliphatic heterocycles. The molecule has 0 amide bonds. The molecule has 0 spiro atoms. The van der Waals surface area contributed by atoms with E-state index in [2.05, 4.69) is 34.3 Å². The minimum Gasteiger partial charge on any atom is -0.384 e. The molecule has 1 aromatic carbocycles. The number of nitrogens with two attached hydrogens (primary N) is 1. The van der Waals surface area contributed by atoms with Gasteiger partial charge in [-0.2, -0.15) is 5.10 Å². The normalized spacial score (nSPS) is 10.5. The molecular weight excluding hydrogens is 212 g/mol. The first-order chi connectivity index (χ1) is 8.08. The van der Waals surface area contributed by atoms with Crippen LogP contribution in [0, 0.1) is 0 Å². The lowest BCUT2D eigenvalue weighted by Crippen LogP contribution is -2.08. The van der Waals surface area contributed by atoms with Gasteiger partial charge in [-0.1, -0.05) is 12.1 Å². The van der Waals surface area contributed by atoms with E-state index in [0.29, 0.717) is 0 Å². The van der Waals surface area contributed by atoms with Crippen LogP contribution in [0.15, 0.2) is 30.5 Å². The van der Waals surface area contributed by atoms with E-state index in [9.17, 15) is 0 Å². The molecule has 0 saturated carbocycles. The Hall–Kier alpha value is -1.97. The molecular formula is C13H18N4. The zero-order chi connectivity index (χ0) is 12.4. The summed E-state index contributed by atoms with van der Waals surface area (Å²) in [5.41, 5.74) is 9.44. The SMILES string of the molecule is CN(C)c1ccc(Cc2cnn(C)c2N)cc1. The van der Waals surface area contributed by atoms with Gasteiger partial charge >= 0.3 is 0 Å². The van der Waals surface area contributed by atoms with Crippen molar-refractivity contribution in [3.05, 3.63) is 41.6 Å². The molecule has 0 atom stereocenters. The van der Waals surface area contributed by atoms with Gasteiger partial charge in [0.05, 0.1) is 6.20 Å². The molecule has 90 valence electrons. The minimum absolute atomic E-state index is 0.738. The van der Waals surface area contributed by atoms with Crippen molar-refractivity contribution in [3.8, 4) is 0 Å². The summed E-state index contributed by atoms with van der Waals surface area (Å²) in [5.74, 6) is 0.738. The maximum Gasteiger partial charge on any atom is 0.124 e. The maximum atomic E-state index is 5.92. The van der Waals surface area contributed by atoms with Crippen molar-refractivity contribution < 1.29 is 0 Å². The van der Waals surface area contributed by atoms with Gasteiger partial charge in [-0.3, -0.25) is 4.68 Å².